The highest BCUT2D eigenvalue weighted by Gasteiger charge is 2.28. The smallest absolute Gasteiger partial charge is 0.313 e. The maximum atomic E-state index is 13.6. The summed E-state index contributed by atoms with van der Waals surface area (Å²) in [6.45, 7) is 8.46. The van der Waals surface area contributed by atoms with Crippen molar-refractivity contribution in [2.24, 2.45) is 0 Å². The molecule has 0 radical (unpaired) electrons. The molecule has 2 N–H and O–H groups in total. The first-order valence-electron chi connectivity index (χ1n) is 24.2. The van der Waals surface area contributed by atoms with Crippen LogP contribution in [0.15, 0.2) is 48.8 Å². The van der Waals surface area contributed by atoms with Gasteiger partial charge in [-0.2, -0.15) is 15.1 Å². The van der Waals surface area contributed by atoms with E-state index >= 15 is 0 Å². The molecule has 5 aromatic rings. The molecule has 0 bridgehead atoms. The molecule has 400 valence electrons. The first-order valence-corrected chi connectivity index (χ1v) is 24.5. The summed E-state index contributed by atoms with van der Waals surface area (Å²) in [5, 5.41) is 20.0. The van der Waals surface area contributed by atoms with Gasteiger partial charge in [-0.05, 0) is 42.0 Å². The number of fused-ring (bicyclic) bond motifs is 1. The van der Waals surface area contributed by atoms with Crippen LogP contribution in [0.1, 0.15) is 62.1 Å². The molecule has 6 rings (SSSR count). The van der Waals surface area contributed by atoms with E-state index in [0.29, 0.717) is 122 Å². The summed E-state index contributed by atoms with van der Waals surface area (Å²) < 4.78 is 98.4. The van der Waals surface area contributed by atoms with E-state index in [1.807, 2.05) is 24.3 Å². The molecule has 2 atom stereocenters. The van der Waals surface area contributed by atoms with Crippen LogP contribution in [0.25, 0.3) is 11.0 Å². The second-order valence-corrected chi connectivity index (χ2v) is 16.6. The van der Waals surface area contributed by atoms with Crippen LogP contribution in [0.4, 0.5) is 19.0 Å². The van der Waals surface area contributed by atoms with Gasteiger partial charge in [0.05, 0.1) is 143 Å². The quantitative estimate of drug-likeness (QED) is 0.0216. The third kappa shape index (κ3) is 20.1. The predicted octanol–water partition coefficient (Wildman–Crippen LogP) is 5.52. The summed E-state index contributed by atoms with van der Waals surface area (Å²) in [6, 6.07) is 8.70. The van der Waals surface area contributed by atoms with Gasteiger partial charge in [0.15, 0.2) is 23.5 Å². The number of esters is 1. The van der Waals surface area contributed by atoms with Crippen molar-refractivity contribution in [3.05, 3.63) is 88.3 Å². The number of anilines is 1. The van der Waals surface area contributed by atoms with Gasteiger partial charge in [0.25, 0.3) is 0 Å². The highest BCUT2D eigenvalue weighted by atomic mass is 35.5. The molecule has 73 heavy (non-hydrogen) atoms. The molecule has 25 heteroatoms. The predicted molar refractivity (Wildman–Crippen MR) is 256 cm³/mol. The molecule has 0 saturated carbocycles. The zero-order valence-electron chi connectivity index (χ0n) is 40.8. The highest BCUT2D eigenvalue weighted by molar-refractivity contribution is 6.28. The zero-order valence-corrected chi connectivity index (χ0v) is 41.5. The van der Waals surface area contributed by atoms with Crippen LogP contribution < -0.4 is 15.4 Å². The van der Waals surface area contributed by atoms with Crippen molar-refractivity contribution in [1.29, 1.82) is 0 Å². The van der Waals surface area contributed by atoms with Gasteiger partial charge < -0.3 is 58.0 Å². The molecule has 1 amide bonds. The monoisotopic (exact) mass is 1050 g/mol. The first kappa shape index (κ1) is 56.9. The van der Waals surface area contributed by atoms with Crippen molar-refractivity contribution in [3.8, 4) is 5.75 Å². The molecule has 3 aromatic heterocycles. The second-order valence-electron chi connectivity index (χ2n) is 16.2. The minimum atomic E-state index is -1.31. The molecule has 0 spiro atoms. The fourth-order valence-electron chi connectivity index (χ4n) is 7.16. The van der Waals surface area contributed by atoms with Gasteiger partial charge in [-0.15, -0.1) is 5.10 Å². The minimum Gasteiger partial charge on any atom is -0.420 e. The van der Waals surface area contributed by atoms with Crippen LogP contribution in [0.5, 0.6) is 5.75 Å². The Morgan fingerprint density at radius 3 is 1.97 bits per heavy atom. The highest BCUT2D eigenvalue weighted by Crippen LogP contribution is 2.33. The third-order valence-corrected chi connectivity index (χ3v) is 11.1. The van der Waals surface area contributed by atoms with Crippen LogP contribution in [-0.4, -0.2) is 152 Å². The normalized spacial score (nSPS) is 14.6. The largest absolute Gasteiger partial charge is 0.420 e. The van der Waals surface area contributed by atoms with Crippen molar-refractivity contribution in [1.82, 2.24) is 40.1 Å². The molecular weight excluding hydrogens is 987 g/mol. The number of nitrogens with one attached hydrogen (secondary N) is 2. The SMILES string of the molecule is CCC1CCC(n2ncc3c(NCc4ccccc4CNC(=O)CCOCCOCCOCCOCc4cn(CCOCCOCCOCCOCCC(=O)Oc5c(F)cc(F)cc5F)nn4)nc(Cl)nc32)O1. The number of hydrogen-bond acceptors (Lipinski definition) is 18. The van der Waals surface area contributed by atoms with Gasteiger partial charge >= 0.3 is 5.97 Å². The minimum absolute atomic E-state index is 0.0509. The summed E-state index contributed by atoms with van der Waals surface area (Å²) in [6.07, 6.45) is 6.27. The number of hydrogen-bond donors (Lipinski definition) is 2. The average molecular weight is 1050 g/mol. The molecule has 2 aromatic carbocycles. The Balaban J connectivity index is 0.684. The lowest BCUT2D eigenvalue weighted by Crippen LogP contribution is -2.25. The van der Waals surface area contributed by atoms with Crippen molar-refractivity contribution in [2.75, 3.05) is 104 Å². The van der Waals surface area contributed by atoms with Crippen LogP contribution >= 0.6 is 11.6 Å². The van der Waals surface area contributed by atoms with E-state index in [2.05, 4.69) is 47.7 Å². The Morgan fingerprint density at radius 2 is 1.34 bits per heavy atom. The molecule has 0 aliphatic carbocycles. The van der Waals surface area contributed by atoms with Crippen LogP contribution in [-0.2, 0) is 78.5 Å². The number of halogens is 4. The molecule has 1 aliphatic rings. The van der Waals surface area contributed by atoms with Crippen LogP contribution in [0.3, 0.4) is 0 Å². The Labute approximate surface area is 425 Å². The molecule has 21 nitrogen and oxygen atoms in total. The summed E-state index contributed by atoms with van der Waals surface area (Å²) in [7, 11) is 0. The van der Waals surface area contributed by atoms with E-state index in [9.17, 15) is 22.8 Å². The number of benzene rings is 2. The van der Waals surface area contributed by atoms with Gasteiger partial charge in [0, 0.05) is 31.6 Å². The lowest BCUT2D eigenvalue weighted by atomic mass is 10.1. The fourth-order valence-corrected chi connectivity index (χ4v) is 7.32. The molecule has 4 heterocycles. The standard InChI is InChI=1S/C48H63ClF3N9O12/c1-2-38-7-8-43(72-38)61-47-39(31-55-61)46(56-48(49)57-47)54-30-35-6-4-3-5-34(35)29-53-42(62)9-12-64-15-18-67-23-24-70-25-26-71-33-37-32-60(59-58-37)11-14-66-17-20-69-22-21-68-19-16-65-13-10-44(63)73-45-40(51)27-36(50)28-41(45)52/h3-6,27-28,31-32,38,43H,2,7-26,29-30,33H2,1H3,(H,53,62)(H,54,56,57). The number of aromatic nitrogens is 7. The molecule has 2 unspecified atom stereocenters. The lowest BCUT2D eigenvalue weighted by Gasteiger charge is -2.14. The summed E-state index contributed by atoms with van der Waals surface area (Å²) in [4.78, 5) is 33.2. The second kappa shape index (κ2) is 32.0. The van der Waals surface area contributed by atoms with E-state index in [1.165, 1.54) is 0 Å². The Kier molecular flexibility index (Phi) is 24.9. The Morgan fingerprint density at radius 1 is 0.753 bits per heavy atom. The van der Waals surface area contributed by atoms with Crippen LogP contribution in [0, 0.1) is 17.5 Å². The van der Waals surface area contributed by atoms with E-state index < -0.39 is 29.2 Å². The van der Waals surface area contributed by atoms with E-state index in [-0.39, 0.29) is 69.4 Å². The number of ether oxygens (including phenoxy) is 10. The van der Waals surface area contributed by atoms with E-state index in [0.717, 1.165) is 35.8 Å². The van der Waals surface area contributed by atoms with Gasteiger partial charge in [-0.3, -0.25) is 9.59 Å². The number of rotatable bonds is 37. The topological polar surface area (TPSA) is 225 Å². The number of amides is 1. The van der Waals surface area contributed by atoms with Crippen molar-refractivity contribution in [2.45, 2.75) is 77.6 Å². The van der Waals surface area contributed by atoms with E-state index in [4.69, 9.17) is 54.2 Å². The van der Waals surface area contributed by atoms with Crippen molar-refractivity contribution in [3.63, 3.8) is 0 Å². The number of carbonyl (C=O) groups excluding carboxylic acids is 2. The van der Waals surface area contributed by atoms with Crippen molar-refractivity contribution < 1.29 is 70.1 Å². The van der Waals surface area contributed by atoms with E-state index in [1.54, 1.807) is 21.8 Å². The Hall–Kier alpha value is -5.41. The average Bonchev–Trinajstić information content (AvgIpc) is 4.16. The van der Waals surface area contributed by atoms with Crippen LogP contribution in [0.2, 0.25) is 5.28 Å². The summed E-state index contributed by atoms with van der Waals surface area (Å²) in [5.41, 5.74) is 3.26. The maximum absolute atomic E-state index is 13.6. The lowest BCUT2D eigenvalue weighted by molar-refractivity contribution is -0.136. The maximum Gasteiger partial charge on any atom is 0.313 e. The van der Waals surface area contributed by atoms with Gasteiger partial charge in [0.2, 0.25) is 16.9 Å². The third-order valence-electron chi connectivity index (χ3n) is 10.9. The molecule has 1 saturated heterocycles. The molecular formula is C48H63ClF3N9O12. The van der Waals surface area contributed by atoms with Gasteiger partial charge in [0.1, 0.15) is 17.3 Å². The number of nitrogens with zero attached hydrogens (tertiary/aromatic N) is 7. The fraction of sp³-hybridized carbons (Fsp3) is 0.562. The Bertz CT molecular complexity index is 2420. The summed E-state index contributed by atoms with van der Waals surface area (Å²) in [5.74, 6) is -5.16. The number of carbonyl (C=O) groups is 2. The van der Waals surface area contributed by atoms with Gasteiger partial charge in [-0.1, -0.05) is 36.4 Å². The first-order chi connectivity index (χ1) is 35.7. The summed E-state index contributed by atoms with van der Waals surface area (Å²) >= 11 is 6.34. The molecule has 1 fully saturated rings. The van der Waals surface area contributed by atoms with Gasteiger partial charge in [-0.25, -0.2) is 22.5 Å². The van der Waals surface area contributed by atoms with Crippen molar-refractivity contribution >= 4 is 40.3 Å². The molecule has 1 aliphatic heterocycles. The zero-order chi connectivity index (χ0) is 51.5.